The Balaban J connectivity index is 1.52. The number of halogens is 1. The van der Waals surface area contributed by atoms with Gasteiger partial charge in [0.05, 0.1) is 24.1 Å². The highest BCUT2D eigenvalue weighted by molar-refractivity contribution is 7.20. The fourth-order valence-electron chi connectivity index (χ4n) is 3.44. The first-order valence-electron chi connectivity index (χ1n) is 9.05. The topological polar surface area (TPSA) is 41.6 Å². The zero-order valence-corrected chi connectivity index (χ0v) is 16.4. The third-order valence-electron chi connectivity index (χ3n) is 4.86. The molecule has 0 aliphatic carbocycles. The second kappa shape index (κ2) is 8.40. The van der Waals surface area contributed by atoms with Crippen molar-refractivity contribution in [2.45, 2.75) is 6.04 Å². The number of thiophene rings is 1. The first kappa shape index (κ1) is 18.4. The molecular formula is C21H21ClN2O2S. The fraction of sp³-hybridized carbons (Fsp3) is 0.286. The predicted molar refractivity (Wildman–Crippen MR) is 111 cm³/mol. The highest BCUT2D eigenvalue weighted by Gasteiger charge is 2.25. The Morgan fingerprint density at radius 2 is 1.89 bits per heavy atom. The summed E-state index contributed by atoms with van der Waals surface area (Å²) >= 11 is 7.98. The van der Waals surface area contributed by atoms with Crippen LogP contribution in [0.1, 0.15) is 21.3 Å². The minimum absolute atomic E-state index is 0.0286. The van der Waals surface area contributed by atoms with Crippen molar-refractivity contribution in [3.05, 3.63) is 70.1 Å². The molecule has 140 valence electrons. The summed E-state index contributed by atoms with van der Waals surface area (Å²) < 4.78 is 6.61. The molecule has 4 nitrogen and oxygen atoms in total. The highest BCUT2D eigenvalue weighted by atomic mass is 35.5. The van der Waals surface area contributed by atoms with E-state index >= 15 is 0 Å². The van der Waals surface area contributed by atoms with Gasteiger partial charge in [0.1, 0.15) is 0 Å². The maximum Gasteiger partial charge on any atom is 0.261 e. The molecular weight excluding hydrogens is 380 g/mol. The molecule has 1 N–H and O–H groups in total. The SMILES string of the molecule is O=C(NCC(c1ccccc1Cl)N1CCOCC1)c1cc2ccccc2s1. The molecule has 0 bridgehead atoms. The molecule has 1 fully saturated rings. The highest BCUT2D eigenvalue weighted by Crippen LogP contribution is 2.29. The number of rotatable bonds is 5. The minimum Gasteiger partial charge on any atom is -0.379 e. The normalized spacial score (nSPS) is 16.3. The van der Waals surface area contributed by atoms with Gasteiger partial charge in [-0.1, -0.05) is 48.0 Å². The molecule has 6 heteroatoms. The third kappa shape index (κ3) is 4.17. The summed E-state index contributed by atoms with van der Waals surface area (Å²) in [6.45, 7) is 3.57. The van der Waals surface area contributed by atoms with Crippen molar-refractivity contribution in [3.8, 4) is 0 Å². The summed E-state index contributed by atoms with van der Waals surface area (Å²) in [6.07, 6.45) is 0. The van der Waals surface area contributed by atoms with Crippen molar-refractivity contribution in [2.24, 2.45) is 0 Å². The molecule has 1 aliphatic heterocycles. The van der Waals surface area contributed by atoms with Crippen LogP contribution in [-0.2, 0) is 4.74 Å². The lowest BCUT2D eigenvalue weighted by molar-refractivity contribution is 0.0162. The van der Waals surface area contributed by atoms with Crippen LogP contribution in [0.15, 0.2) is 54.6 Å². The lowest BCUT2D eigenvalue weighted by atomic mass is 10.0. The first-order valence-corrected chi connectivity index (χ1v) is 10.2. The molecule has 3 aromatic rings. The van der Waals surface area contributed by atoms with Crippen molar-refractivity contribution < 1.29 is 9.53 Å². The van der Waals surface area contributed by atoms with Crippen LogP contribution in [-0.4, -0.2) is 43.7 Å². The Bertz CT molecular complexity index is 904. The second-order valence-corrected chi connectivity index (χ2v) is 8.04. The van der Waals surface area contributed by atoms with Crippen LogP contribution >= 0.6 is 22.9 Å². The van der Waals surface area contributed by atoms with Gasteiger partial charge in [-0.3, -0.25) is 9.69 Å². The van der Waals surface area contributed by atoms with Crippen molar-refractivity contribution >= 4 is 38.9 Å². The number of nitrogens with zero attached hydrogens (tertiary/aromatic N) is 1. The molecule has 0 radical (unpaired) electrons. The van der Waals surface area contributed by atoms with E-state index in [1.54, 1.807) is 0 Å². The van der Waals surface area contributed by atoms with Crippen LogP contribution in [0.2, 0.25) is 5.02 Å². The van der Waals surface area contributed by atoms with Crippen molar-refractivity contribution in [3.63, 3.8) is 0 Å². The molecule has 1 aliphatic rings. The molecule has 1 saturated heterocycles. The second-order valence-electron chi connectivity index (χ2n) is 6.54. The molecule has 2 aromatic carbocycles. The van der Waals surface area contributed by atoms with E-state index in [0.29, 0.717) is 19.8 Å². The predicted octanol–water partition coefficient (Wildman–Crippen LogP) is 4.36. The Labute approximate surface area is 167 Å². The number of morpholine rings is 1. The molecule has 0 spiro atoms. The van der Waals surface area contributed by atoms with Crippen LogP contribution in [0.25, 0.3) is 10.1 Å². The van der Waals surface area contributed by atoms with Gasteiger partial charge in [0.15, 0.2) is 0 Å². The van der Waals surface area contributed by atoms with E-state index in [1.165, 1.54) is 11.3 Å². The van der Waals surface area contributed by atoms with E-state index in [0.717, 1.165) is 38.6 Å². The van der Waals surface area contributed by atoms with Crippen molar-refractivity contribution in [1.82, 2.24) is 10.2 Å². The number of hydrogen-bond acceptors (Lipinski definition) is 4. The molecule has 1 aromatic heterocycles. The number of amides is 1. The summed E-state index contributed by atoms with van der Waals surface area (Å²) in [4.78, 5) is 15.8. The molecule has 1 unspecified atom stereocenters. The molecule has 0 saturated carbocycles. The number of fused-ring (bicyclic) bond motifs is 1. The van der Waals surface area contributed by atoms with Crippen LogP contribution in [0.3, 0.4) is 0 Å². The Kier molecular flexibility index (Phi) is 5.74. The fourth-order valence-corrected chi connectivity index (χ4v) is 4.68. The average molecular weight is 401 g/mol. The minimum atomic E-state index is -0.0403. The Morgan fingerprint density at radius 1 is 1.15 bits per heavy atom. The summed E-state index contributed by atoms with van der Waals surface area (Å²) in [5.74, 6) is -0.0403. The van der Waals surface area contributed by atoms with Crippen LogP contribution in [0.5, 0.6) is 0 Å². The van der Waals surface area contributed by atoms with E-state index in [1.807, 2.05) is 54.6 Å². The van der Waals surface area contributed by atoms with Crippen LogP contribution in [0, 0.1) is 0 Å². The zero-order valence-electron chi connectivity index (χ0n) is 14.9. The monoisotopic (exact) mass is 400 g/mol. The van der Waals surface area contributed by atoms with Crippen LogP contribution in [0.4, 0.5) is 0 Å². The first-order chi connectivity index (χ1) is 13.2. The van der Waals surface area contributed by atoms with Gasteiger partial charge >= 0.3 is 0 Å². The smallest absolute Gasteiger partial charge is 0.261 e. The number of nitrogens with one attached hydrogen (secondary N) is 1. The van der Waals surface area contributed by atoms with Gasteiger partial charge in [0, 0.05) is 29.4 Å². The number of ether oxygens (including phenoxy) is 1. The maximum absolute atomic E-state index is 12.7. The summed E-state index contributed by atoms with van der Waals surface area (Å²) in [6, 6.07) is 17.9. The molecule has 2 heterocycles. The van der Waals surface area contributed by atoms with Gasteiger partial charge in [-0.25, -0.2) is 0 Å². The summed E-state index contributed by atoms with van der Waals surface area (Å²) in [7, 11) is 0. The lowest BCUT2D eigenvalue weighted by Crippen LogP contribution is -2.43. The zero-order chi connectivity index (χ0) is 18.6. The van der Waals surface area contributed by atoms with E-state index in [2.05, 4.69) is 10.2 Å². The van der Waals surface area contributed by atoms with Gasteiger partial charge in [0.25, 0.3) is 5.91 Å². The van der Waals surface area contributed by atoms with Crippen molar-refractivity contribution in [2.75, 3.05) is 32.8 Å². The molecule has 4 rings (SSSR count). The van der Waals surface area contributed by atoms with Gasteiger partial charge in [-0.15, -0.1) is 11.3 Å². The Morgan fingerprint density at radius 3 is 2.67 bits per heavy atom. The average Bonchev–Trinajstić information content (AvgIpc) is 3.14. The van der Waals surface area contributed by atoms with E-state index in [4.69, 9.17) is 16.3 Å². The molecule has 1 amide bonds. The van der Waals surface area contributed by atoms with Crippen molar-refractivity contribution in [1.29, 1.82) is 0 Å². The maximum atomic E-state index is 12.7. The number of carbonyl (C=O) groups is 1. The van der Waals surface area contributed by atoms with Gasteiger partial charge in [-0.05, 0) is 29.1 Å². The third-order valence-corrected chi connectivity index (χ3v) is 6.32. The van der Waals surface area contributed by atoms with Gasteiger partial charge in [0.2, 0.25) is 0 Å². The standard InChI is InChI=1S/C21H21ClN2O2S/c22-17-7-3-2-6-16(17)18(24-9-11-26-12-10-24)14-23-21(25)20-13-15-5-1-4-8-19(15)27-20/h1-8,13,18H,9-12,14H2,(H,23,25). The lowest BCUT2D eigenvalue weighted by Gasteiger charge is -2.35. The van der Waals surface area contributed by atoms with Gasteiger partial charge in [-0.2, -0.15) is 0 Å². The van der Waals surface area contributed by atoms with E-state index < -0.39 is 0 Å². The summed E-state index contributed by atoms with van der Waals surface area (Å²) in [5.41, 5.74) is 1.04. The number of carbonyl (C=O) groups excluding carboxylic acids is 1. The summed E-state index contributed by atoms with van der Waals surface area (Å²) in [5, 5.41) is 4.94. The quantitative estimate of drug-likeness (QED) is 0.691. The van der Waals surface area contributed by atoms with E-state index in [9.17, 15) is 4.79 Å². The number of benzene rings is 2. The molecule has 1 atom stereocenters. The number of hydrogen-bond donors (Lipinski definition) is 1. The Hall–Kier alpha value is -1.92. The largest absolute Gasteiger partial charge is 0.379 e. The van der Waals surface area contributed by atoms with Gasteiger partial charge < -0.3 is 10.1 Å². The van der Waals surface area contributed by atoms with Crippen LogP contribution < -0.4 is 5.32 Å². The van der Waals surface area contributed by atoms with E-state index in [-0.39, 0.29) is 11.9 Å². The molecule has 27 heavy (non-hydrogen) atoms.